The quantitative estimate of drug-likeness (QED) is 0.674. The van der Waals surface area contributed by atoms with Crippen LogP contribution in [0.2, 0.25) is 5.02 Å². The van der Waals surface area contributed by atoms with E-state index in [2.05, 4.69) is 23.2 Å². The zero-order chi connectivity index (χ0) is 16.5. The largest absolute Gasteiger partial charge is 0.497 e. The second-order valence-corrected chi connectivity index (χ2v) is 6.77. The Morgan fingerprint density at radius 3 is 2.62 bits per heavy atom. The molecular weight excluding hydrogens is 322 g/mol. The predicted molar refractivity (Wildman–Crippen MR) is 95.5 cm³/mol. The highest BCUT2D eigenvalue weighted by Gasteiger charge is 2.29. The van der Waals surface area contributed by atoms with Crippen molar-refractivity contribution in [3.05, 3.63) is 65.1 Å². The molecule has 1 saturated carbocycles. The van der Waals surface area contributed by atoms with Gasteiger partial charge in [-0.25, -0.2) is 4.98 Å². The summed E-state index contributed by atoms with van der Waals surface area (Å²) in [6.45, 7) is 1.79. The molecule has 5 heteroatoms. The lowest BCUT2D eigenvalue weighted by atomic mass is 10.2. The van der Waals surface area contributed by atoms with E-state index < -0.39 is 0 Å². The highest BCUT2D eigenvalue weighted by atomic mass is 35.5. The third kappa shape index (κ3) is 3.40. The second kappa shape index (κ2) is 6.46. The Labute approximate surface area is 146 Å². The van der Waals surface area contributed by atoms with Gasteiger partial charge in [-0.3, -0.25) is 4.90 Å². The molecule has 0 unspecified atom stereocenters. The van der Waals surface area contributed by atoms with Crippen molar-refractivity contribution in [1.29, 1.82) is 0 Å². The van der Waals surface area contributed by atoms with E-state index in [9.17, 15) is 0 Å². The molecule has 4 rings (SSSR count). The van der Waals surface area contributed by atoms with E-state index in [4.69, 9.17) is 21.3 Å². The van der Waals surface area contributed by atoms with E-state index in [0.29, 0.717) is 6.04 Å². The van der Waals surface area contributed by atoms with Crippen molar-refractivity contribution >= 4 is 17.2 Å². The Hall–Kier alpha value is -2.04. The lowest BCUT2D eigenvalue weighted by Gasteiger charge is -2.21. The van der Waals surface area contributed by atoms with Crippen molar-refractivity contribution in [3.8, 4) is 5.75 Å². The van der Waals surface area contributed by atoms with Gasteiger partial charge in [-0.05, 0) is 42.7 Å². The molecule has 0 bridgehead atoms. The van der Waals surface area contributed by atoms with Crippen LogP contribution < -0.4 is 4.74 Å². The third-order valence-corrected chi connectivity index (χ3v) is 4.66. The van der Waals surface area contributed by atoms with Gasteiger partial charge < -0.3 is 9.14 Å². The van der Waals surface area contributed by atoms with Gasteiger partial charge in [0.15, 0.2) is 0 Å². The zero-order valence-corrected chi connectivity index (χ0v) is 14.4. The molecular formula is C19H20ClN3O. The number of aromatic nitrogens is 2. The number of benzene rings is 1. The molecule has 124 valence electrons. The Balaban J connectivity index is 1.51. The molecule has 0 spiro atoms. The van der Waals surface area contributed by atoms with Crippen LogP contribution in [0.4, 0.5) is 0 Å². The molecule has 2 aromatic heterocycles. The van der Waals surface area contributed by atoms with Crippen molar-refractivity contribution < 1.29 is 4.74 Å². The van der Waals surface area contributed by atoms with Crippen LogP contribution in [0.3, 0.4) is 0 Å². The fourth-order valence-corrected chi connectivity index (χ4v) is 3.19. The Morgan fingerprint density at radius 2 is 1.92 bits per heavy atom. The molecule has 4 nitrogen and oxygen atoms in total. The normalized spacial score (nSPS) is 14.5. The Kier molecular flexibility index (Phi) is 4.17. The third-order valence-electron chi connectivity index (χ3n) is 4.44. The maximum Gasteiger partial charge on any atom is 0.137 e. The molecule has 0 aliphatic heterocycles. The molecule has 0 saturated heterocycles. The maximum atomic E-state index is 6.06. The summed E-state index contributed by atoms with van der Waals surface area (Å²) in [6.07, 6.45) is 6.52. The number of imidazole rings is 1. The van der Waals surface area contributed by atoms with Crippen LogP contribution in [0.15, 0.2) is 48.8 Å². The summed E-state index contributed by atoms with van der Waals surface area (Å²) in [6, 6.07) is 12.8. The SMILES string of the molecule is COc1ccc(CN(Cc2cn3cc(Cl)ccc3n2)C2CC2)cc1. The van der Waals surface area contributed by atoms with Crippen LogP contribution in [-0.4, -0.2) is 27.4 Å². The number of methoxy groups -OCH3 is 1. The van der Waals surface area contributed by atoms with Gasteiger partial charge in [-0.15, -0.1) is 0 Å². The highest BCUT2D eigenvalue weighted by molar-refractivity contribution is 6.30. The minimum atomic E-state index is 0.667. The molecule has 3 aromatic rings. The second-order valence-electron chi connectivity index (χ2n) is 6.33. The van der Waals surface area contributed by atoms with Gasteiger partial charge in [0.2, 0.25) is 0 Å². The monoisotopic (exact) mass is 341 g/mol. The minimum absolute atomic E-state index is 0.667. The van der Waals surface area contributed by atoms with Crippen LogP contribution in [0.1, 0.15) is 24.1 Å². The molecule has 0 atom stereocenters. The fraction of sp³-hybridized carbons (Fsp3) is 0.316. The first-order chi connectivity index (χ1) is 11.7. The van der Waals surface area contributed by atoms with E-state index in [-0.39, 0.29) is 0 Å². The summed E-state index contributed by atoms with van der Waals surface area (Å²) in [5.74, 6) is 0.897. The molecule has 1 fully saturated rings. The van der Waals surface area contributed by atoms with Crippen LogP contribution in [0.25, 0.3) is 5.65 Å². The number of pyridine rings is 1. The van der Waals surface area contributed by atoms with Crippen LogP contribution in [-0.2, 0) is 13.1 Å². The van der Waals surface area contributed by atoms with E-state index in [0.717, 1.165) is 35.2 Å². The molecule has 0 radical (unpaired) electrons. The smallest absolute Gasteiger partial charge is 0.137 e. The lowest BCUT2D eigenvalue weighted by Crippen LogP contribution is -2.25. The topological polar surface area (TPSA) is 29.8 Å². The molecule has 24 heavy (non-hydrogen) atoms. The molecule has 1 aliphatic rings. The number of nitrogens with zero attached hydrogens (tertiary/aromatic N) is 3. The summed E-state index contributed by atoms with van der Waals surface area (Å²) in [5.41, 5.74) is 3.32. The lowest BCUT2D eigenvalue weighted by molar-refractivity contribution is 0.243. The number of ether oxygens (including phenoxy) is 1. The average molecular weight is 342 g/mol. The highest BCUT2D eigenvalue weighted by Crippen LogP contribution is 2.30. The Bertz CT molecular complexity index is 839. The number of fused-ring (bicyclic) bond motifs is 1. The molecule has 0 amide bonds. The van der Waals surface area contributed by atoms with Crippen LogP contribution in [0.5, 0.6) is 5.75 Å². The first-order valence-corrected chi connectivity index (χ1v) is 8.59. The molecule has 0 N–H and O–H groups in total. The average Bonchev–Trinajstić information content (AvgIpc) is 3.36. The van der Waals surface area contributed by atoms with Gasteiger partial charge in [0.05, 0.1) is 17.8 Å². The van der Waals surface area contributed by atoms with Crippen molar-refractivity contribution in [1.82, 2.24) is 14.3 Å². The van der Waals surface area contributed by atoms with Crippen LogP contribution >= 0.6 is 11.6 Å². The van der Waals surface area contributed by atoms with E-state index in [1.165, 1.54) is 18.4 Å². The fourth-order valence-electron chi connectivity index (χ4n) is 3.02. The van der Waals surface area contributed by atoms with Crippen molar-refractivity contribution in [2.75, 3.05) is 7.11 Å². The number of rotatable bonds is 6. The number of hydrogen-bond acceptors (Lipinski definition) is 3. The summed E-state index contributed by atoms with van der Waals surface area (Å²) in [7, 11) is 1.70. The molecule has 1 aliphatic carbocycles. The predicted octanol–water partition coefficient (Wildman–Crippen LogP) is 4.16. The Morgan fingerprint density at radius 1 is 1.12 bits per heavy atom. The van der Waals surface area contributed by atoms with Crippen molar-refractivity contribution in [3.63, 3.8) is 0 Å². The minimum Gasteiger partial charge on any atom is -0.497 e. The zero-order valence-electron chi connectivity index (χ0n) is 13.7. The summed E-state index contributed by atoms with van der Waals surface area (Å²) >= 11 is 6.06. The van der Waals surface area contributed by atoms with Gasteiger partial charge in [0.25, 0.3) is 0 Å². The van der Waals surface area contributed by atoms with Crippen molar-refractivity contribution in [2.24, 2.45) is 0 Å². The standard InChI is InChI=1S/C19H20ClN3O/c1-24-18-7-2-14(3-8-18)10-22(17-5-6-17)12-16-13-23-11-15(20)4-9-19(23)21-16/h2-4,7-9,11,13,17H,5-6,10,12H2,1H3. The van der Waals surface area contributed by atoms with E-state index in [1.807, 2.05) is 34.9 Å². The summed E-state index contributed by atoms with van der Waals surface area (Å²) < 4.78 is 7.23. The number of hydrogen-bond donors (Lipinski definition) is 0. The summed E-state index contributed by atoms with van der Waals surface area (Å²) in [4.78, 5) is 7.22. The maximum absolute atomic E-state index is 6.06. The first-order valence-electron chi connectivity index (χ1n) is 8.21. The first kappa shape index (κ1) is 15.5. The molecule has 1 aromatic carbocycles. The van der Waals surface area contributed by atoms with Gasteiger partial charge in [0.1, 0.15) is 11.4 Å². The van der Waals surface area contributed by atoms with E-state index >= 15 is 0 Å². The summed E-state index contributed by atoms with van der Waals surface area (Å²) in [5, 5.41) is 0.726. The van der Waals surface area contributed by atoms with Gasteiger partial charge in [0, 0.05) is 31.5 Å². The molecule has 2 heterocycles. The van der Waals surface area contributed by atoms with Gasteiger partial charge >= 0.3 is 0 Å². The number of halogens is 1. The van der Waals surface area contributed by atoms with Gasteiger partial charge in [-0.2, -0.15) is 0 Å². The van der Waals surface area contributed by atoms with Crippen LogP contribution in [0, 0.1) is 0 Å². The van der Waals surface area contributed by atoms with Crippen molar-refractivity contribution in [2.45, 2.75) is 32.0 Å². The van der Waals surface area contributed by atoms with E-state index in [1.54, 1.807) is 7.11 Å². The van der Waals surface area contributed by atoms with Gasteiger partial charge in [-0.1, -0.05) is 23.7 Å².